The van der Waals surface area contributed by atoms with Gasteiger partial charge in [0.1, 0.15) is 5.69 Å². The van der Waals surface area contributed by atoms with Gasteiger partial charge in [-0.3, -0.25) is 4.58 Å². The summed E-state index contributed by atoms with van der Waals surface area (Å²) in [5.41, 5.74) is 4.58. The molecule has 3 nitrogen and oxygen atoms in total. The van der Waals surface area contributed by atoms with E-state index in [4.69, 9.17) is 0 Å². The van der Waals surface area contributed by atoms with Crippen molar-refractivity contribution in [2.24, 2.45) is 0 Å². The Morgan fingerprint density at radius 3 is 2.23 bits per heavy atom. The molecule has 2 aliphatic heterocycles. The molecule has 0 bridgehead atoms. The summed E-state index contributed by atoms with van der Waals surface area (Å²) in [5, 5.41) is 12.0. The smallest absolute Gasteiger partial charge is 0.275 e. The van der Waals surface area contributed by atoms with Crippen LogP contribution in [0.1, 0.15) is 36.8 Å². The Bertz CT molecular complexity index is 1050. The minimum absolute atomic E-state index is 0.617. The number of rotatable bonds is 3. The molecule has 0 fully saturated rings. The van der Waals surface area contributed by atoms with E-state index in [1.807, 2.05) is 6.07 Å². The van der Waals surface area contributed by atoms with Gasteiger partial charge >= 0.3 is 0 Å². The van der Waals surface area contributed by atoms with Crippen molar-refractivity contribution in [2.45, 2.75) is 38.3 Å². The average molecular weight is 398 g/mol. The zero-order valence-electron chi connectivity index (χ0n) is 17.6. The number of benzene rings is 3. The Kier molecular flexibility index (Phi) is 4.92. The van der Waals surface area contributed by atoms with E-state index in [0.29, 0.717) is 6.54 Å². The van der Waals surface area contributed by atoms with E-state index in [2.05, 4.69) is 89.2 Å². The van der Waals surface area contributed by atoms with Gasteiger partial charge in [0.2, 0.25) is 0 Å². The Hall–Kier alpha value is -2.91. The van der Waals surface area contributed by atoms with Crippen molar-refractivity contribution in [1.82, 2.24) is 0 Å². The molecule has 3 aromatic carbocycles. The van der Waals surface area contributed by atoms with Gasteiger partial charge < -0.3 is 5.11 Å². The van der Waals surface area contributed by atoms with Crippen LogP contribution in [0.3, 0.4) is 0 Å². The number of amidine groups is 1. The highest BCUT2D eigenvalue weighted by molar-refractivity contribution is 5.97. The lowest BCUT2D eigenvalue weighted by Gasteiger charge is -2.29. The summed E-state index contributed by atoms with van der Waals surface area (Å²) >= 11 is 0. The van der Waals surface area contributed by atoms with E-state index in [0.717, 1.165) is 24.2 Å². The maximum absolute atomic E-state index is 12.0. The normalized spacial score (nSPS) is 21.5. The zero-order valence-corrected chi connectivity index (χ0v) is 17.6. The van der Waals surface area contributed by atoms with Crippen molar-refractivity contribution < 1.29 is 9.68 Å². The van der Waals surface area contributed by atoms with Gasteiger partial charge in [0, 0.05) is 12.0 Å². The predicted molar refractivity (Wildman–Crippen MR) is 123 cm³/mol. The van der Waals surface area contributed by atoms with Crippen LogP contribution in [-0.4, -0.2) is 28.6 Å². The first-order valence-corrected chi connectivity index (χ1v) is 11.0. The summed E-state index contributed by atoms with van der Waals surface area (Å²) in [6.07, 6.45) is 4.63. The second kappa shape index (κ2) is 7.73. The summed E-state index contributed by atoms with van der Waals surface area (Å²) < 4.78 is 2.40. The molecule has 3 aromatic rings. The van der Waals surface area contributed by atoms with Crippen LogP contribution in [0.25, 0.3) is 11.1 Å². The standard InChI is InChI=1S/C27H29N2O/c1-21-11-15-24(16-12-21)27(30)20-28-19-7-3-6-10-26(28)29(27)25-17-13-23(14-18-25)22-8-4-2-5-9-22/h2,4-5,8-9,11-18,30H,3,6-7,10,19-20H2,1H3/q+1/t27-/m1/s1. The SMILES string of the molecule is Cc1ccc([C@]2(O)C[N+]3=C(CCCCC3)N2c2ccc(-c3ccccc3)cc2)cc1. The Morgan fingerprint density at radius 1 is 0.800 bits per heavy atom. The summed E-state index contributed by atoms with van der Waals surface area (Å²) in [6.45, 7) is 3.72. The van der Waals surface area contributed by atoms with Gasteiger partial charge in [0.05, 0.1) is 6.54 Å². The molecule has 3 heteroatoms. The highest BCUT2D eigenvalue weighted by Gasteiger charge is 2.53. The first-order chi connectivity index (χ1) is 14.6. The fraction of sp³-hybridized carbons (Fsp3) is 0.296. The van der Waals surface area contributed by atoms with Crippen LogP contribution in [0.2, 0.25) is 0 Å². The number of aliphatic hydroxyl groups is 1. The molecule has 0 spiro atoms. The molecule has 0 unspecified atom stereocenters. The van der Waals surface area contributed by atoms with Crippen LogP contribution in [0, 0.1) is 6.92 Å². The quantitative estimate of drug-likeness (QED) is 0.606. The van der Waals surface area contributed by atoms with Gasteiger partial charge in [0.25, 0.3) is 11.6 Å². The second-order valence-electron chi connectivity index (χ2n) is 8.58. The molecule has 0 radical (unpaired) electrons. The molecular formula is C27H29N2O+. The molecule has 0 saturated carbocycles. The maximum atomic E-state index is 12.0. The van der Waals surface area contributed by atoms with Crippen LogP contribution < -0.4 is 4.90 Å². The number of anilines is 1. The third-order valence-corrected chi connectivity index (χ3v) is 6.48. The topological polar surface area (TPSA) is 26.5 Å². The highest BCUT2D eigenvalue weighted by Crippen LogP contribution is 2.38. The summed E-state index contributed by atoms with van der Waals surface area (Å²) in [6, 6.07) is 27.4. The lowest BCUT2D eigenvalue weighted by Crippen LogP contribution is -2.47. The van der Waals surface area contributed by atoms with Gasteiger partial charge in [-0.15, -0.1) is 0 Å². The Morgan fingerprint density at radius 2 is 1.50 bits per heavy atom. The third-order valence-electron chi connectivity index (χ3n) is 6.48. The second-order valence-corrected chi connectivity index (χ2v) is 8.58. The van der Waals surface area contributed by atoms with Gasteiger partial charge in [-0.25, -0.2) is 0 Å². The first-order valence-electron chi connectivity index (χ1n) is 11.0. The molecule has 0 saturated heterocycles. The summed E-state index contributed by atoms with van der Waals surface area (Å²) in [5.74, 6) is 1.25. The fourth-order valence-electron chi connectivity index (χ4n) is 4.86. The molecule has 5 rings (SSSR count). The van der Waals surface area contributed by atoms with Crippen molar-refractivity contribution >= 4 is 11.5 Å². The van der Waals surface area contributed by atoms with Gasteiger partial charge in [0.15, 0.2) is 6.54 Å². The number of aryl methyl sites for hydroxylation is 1. The maximum Gasteiger partial charge on any atom is 0.275 e. The molecule has 2 aliphatic rings. The lowest BCUT2D eigenvalue weighted by atomic mass is 9.98. The Labute approximate surface area is 178 Å². The zero-order chi connectivity index (χ0) is 20.6. The van der Waals surface area contributed by atoms with Crippen molar-refractivity contribution in [3.63, 3.8) is 0 Å². The van der Waals surface area contributed by atoms with Gasteiger partial charge in [-0.05, 0) is 49.4 Å². The van der Waals surface area contributed by atoms with Crippen LogP contribution in [0.5, 0.6) is 0 Å². The monoisotopic (exact) mass is 397 g/mol. The van der Waals surface area contributed by atoms with Crippen LogP contribution >= 0.6 is 0 Å². The third kappa shape index (κ3) is 3.33. The van der Waals surface area contributed by atoms with Crippen molar-refractivity contribution in [2.75, 3.05) is 18.0 Å². The minimum Gasteiger partial charge on any atom is -0.346 e. The molecule has 0 amide bonds. The highest BCUT2D eigenvalue weighted by atomic mass is 16.3. The van der Waals surface area contributed by atoms with E-state index in [-0.39, 0.29) is 0 Å². The molecule has 30 heavy (non-hydrogen) atoms. The Balaban J connectivity index is 1.57. The molecular weight excluding hydrogens is 368 g/mol. The van der Waals surface area contributed by atoms with Gasteiger partial charge in [-0.1, -0.05) is 72.3 Å². The van der Waals surface area contributed by atoms with E-state index in [9.17, 15) is 5.11 Å². The average Bonchev–Trinajstić information content (AvgIpc) is 2.90. The lowest BCUT2D eigenvalue weighted by molar-refractivity contribution is -0.534. The number of nitrogens with zero attached hydrogens (tertiary/aromatic N) is 2. The van der Waals surface area contributed by atoms with E-state index in [1.54, 1.807) is 0 Å². The fourth-order valence-corrected chi connectivity index (χ4v) is 4.86. The molecule has 1 atom stereocenters. The number of hydrogen-bond acceptors (Lipinski definition) is 2. The summed E-state index contributed by atoms with van der Waals surface area (Å²) in [7, 11) is 0. The van der Waals surface area contributed by atoms with E-state index in [1.165, 1.54) is 41.8 Å². The molecule has 2 heterocycles. The van der Waals surface area contributed by atoms with Crippen molar-refractivity contribution in [3.05, 3.63) is 90.0 Å². The minimum atomic E-state index is -1.05. The van der Waals surface area contributed by atoms with Crippen molar-refractivity contribution in [3.8, 4) is 11.1 Å². The first kappa shape index (κ1) is 19.1. The van der Waals surface area contributed by atoms with Gasteiger partial charge in [-0.2, -0.15) is 4.90 Å². The molecule has 152 valence electrons. The molecule has 0 aliphatic carbocycles. The van der Waals surface area contributed by atoms with Crippen molar-refractivity contribution in [1.29, 1.82) is 0 Å². The van der Waals surface area contributed by atoms with E-state index < -0.39 is 5.72 Å². The van der Waals surface area contributed by atoms with Crippen LogP contribution in [-0.2, 0) is 5.72 Å². The van der Waals surface area contributed by atoms with E-state index >= 15 is 0 Å². The van der Waals surface area contributed by atoms with Crippen LogP contribution in [0.4, 0.5) is 5.69 Å². The van der Waals surface area contributed by atoms with Crippen LogP contribution in [0.15, 0.2) is 78.9 Å². The summed E-state index contributed by atoms with van der Waals surface area (Å²) in [4.78, 5) is 2.19. The largest absolute Gasteiger partial charge is 0.346 e. The number of hydrogen-bond donors (Lipinski definition) is 1. The molecule has 1 N–H and O–H groups in total. The predicted octanol–water partition coefficient (Wildman–Crippen LogP) is 5.31. The molecule has 0 aromatic heterocycles.